The fourth-order valence-corrected chi connectivity index (χ4v) is 1.70. The van der Waals surface area contributed by atoms with Gasteiger partial charge in [0, 0.05) is 24.7 Å². The summed E-state index contributed by atoms with van der Waals surface area (Å²) in [5.41, 5.74) is 5.33. The molecule has 2 rings (SSSR count). The monoisotopic (exact) mass is 240 g/mol. The van der Waals surface area contributed by atoms with Crippen molar-refractivity contribution in [3.05, 3.63) is 35.4 Å². The van der Waals surface area contributed by atoms with Gasteiger partial charge in [0.25, 0.3) is 0 Å². The fourth-order valence-electron chi connectivity index (χ4n) is 1.70. The van der Waals surface area contributed by atoms with E-state index in [4.69, 9.17) is 5.73 Å². The Morgan fingerprint density at radius 2 is 2.12 bits per heavy atom. The molecule has 1 aliphatic rings. The van der Waals surface area contributed by atoms with E-state index in [9.17, 15) is 13.6 Å². The lowest BCUT2D eigenvalue weighted by atomic mass is 10.1. The molecular weight excluding hydrogens is 226 g/mol. The summed E-state index contributed by atoms with van der Waals surface area (Å²) in [6, 6.07) is 3.30. The maximum absolute atomic E-state index is 13.3. The van der Waals surface area contributed by atoms with Crippen LogP contribution in [0.15, 0.2) is 18.2 Å². The average molecular weight is 240 g/mol. The van der Waals surface area contributed by atoms with Crippen LogP contribution in [0, 0.1) is 17.0 Å². The summed E-state index contributed by atoms with van der Waals surface area (Å²) in [6.45, 7) is 0.372. The molecule has 1 fully saturated rings. The van der Waals surface area contributed by atoms with Crippen LogP contribution >= 0.6 is 0 Å². The van der Waals surface area contributed by atoms with E-state index in [1.54, 1.807) is 0 Å². The number of halogens is 2. The lowest BCUT2D eigenvalue weighted by Gasteiger charge is -2.13. The SMILES string of the molecule is NCC1(C(=O)NCc2ccc(F)cc2F)CC1. The number of carbonyl (C=O) groups is 1. The van der Waals surface area contributed by atoms with Crippen molar-refractivity contribution in [2.45, 2.75) is 19.4 Å². The summed E-state index contributed by atoms with van der Waals surface area (Å²) < 4.78 is 25.9. The van der Waals surface area contributed by atoms with Crippen LogP contribution < -0.4 is 11.1 Å². The van der Waals surface area contributed by atoms with Gasteiger partial charge in [-0.2, -0.15) is 0 Å². The first-order chi connectivity index (χ1) is 8.07. The van der Waals surface area contributed by atoms with Crippen LogP contribution in [0.2, 0.25) is 0 Å². The Bertz CT molecular complexity index is 444. The fraction of sp³-hybridized carbons (Fsp3) is 0.417. The van der Waals surface area contributed by atoms with Crippen molar-refractivity contribution >= 4 is 5.91 Å². The number of rotatable bonds is 4. The quantitative estimate of drug-likeness (QED) is 0.834. The van der Waals surface area contributed by atoms with Gasteiger partial charge in [-0.1, -0.05) is 6.07 Å². The molecule has 0 saturated heterocycles. The van der Waals surface area contributed by atoms with Crippen LogP contribution in [0.25, 0.3) is 0 Å². The molecule has 17 heavy (non-hydrogen) atoms. The smallest absolute Gasteiger partial charge is 0.227 e. The summed E-state index contributed by atoms with van der Waals surface area (Å²) in [5.74, 6) is -1.43. The second-order valence-electron chi connectivity index (χ2n) is 4.40. The van der Waals surface area contributed by atoms with E-state index >= 15 is 0 Å². The summed E-state index contributed by atoms with van der Waals surface area (Å²) in [5, 5.41) is 2.63. The highest BCUT2D eigenvalue weighted by atomic mass is 19.1. The van der Waals surface area contributed by atoms with E-state index in [0.29, 0.717) is 6.54 Å². The van der Waals surface area contributed by atoms with E-state index in [-0.39, 0.29) is 18.0 Å². The summed E-state index contributed by atoms with van der Waals surface area (Å²) in [7, 11) is 0. The third-order valence-corrected chi connectivity index (χ3v) is 3.18. The third-order valence-electron chi connectivity index (χ3n) is 3.18. The Balaban J connectivity index is 1.96. The van der Waals surface area contributed by atoms with Gasteiger partial charge in [-0.25, -0.2) is 8.78 Å². The van der Waals surface area contributed by atoms with Crippen molar-refractivity contribution in [2.75, 3.05) is 6.54 Å². The molecule has 5 heteroatoms. The standard InChI is InChI=1S/C12H14F2N2O/c13-9-2-1-8(10(14)5-9)6-16-11(17)12(7-15)3-4-12/h1-2,5H,3-4,6-7,15H2,(H,16,17). The van der Waals surface area contributed by atoms with Crippen LogP contribution in [0.3, 0.4) is 0 Å². The first kappa shape index (κ1) is 12.0. The molecule has 3 N–H and O–H groups in total. The summed E-state index contributed by atoms with van der Waals surface area (Å²) in [6.07, 6.45) is 1.56. The Kier molecular flexibility index (Phi) is 3.11. The zero-order chi connectivity index (χ0) is 12.5. The van der Waals surface area contributed by atoms with Crippen LogP contribution in [-0.4, -0.2) is 12.5 Å². The van der Waals surface area contributed by atoms with Gasteiger partial charge in [0.2, 0.25) is 5.91 Å². The molecule has 0 unspecified atom stereocenters. The maximum atomic E-state index is 13.3. The minimum absolute atomic E-state index is 0.0622. The third kappa shape index (κ3) is 2.44. The van der Waals surface area contributed by atoms with E-state index in [2.05, 4.69) is 5.32 Å². The zero-order valence-electron chi connectivity index (χ0n) is 9.30. The molecule has 0 bridgehead atoms. The number of amides is 1. The number of nitrogens with one attached hydrogen (secondary N) is 1. The highest BCUT2D eigenvalue weighted by Crippen LogP contribution is 2.44. The molecule has 3 nitrogen and oxygen atoms in total. The highest BCUT2D eigenvalue weighted by Gasteiger charge is 2.48. The van der Waals surface area contributed by atoms with Gasteiger partial charge in [-0.05, 0) is 18.9 Å². The van der Waals surface area contributed by atoms with Gasteiger partial charge in [0.15, 0.2) is 0 Å². The van der Waals surface area contributed by atoms with E-state index in [0.717, 1.165) is 18.9 Å². The molecule has 0 heterocycles. The number of carbonyl (C=O) groups excluding carboxylic acids is 1. The normalized spacial score (nSPS) is 16.6. The first-order valence-electron chi connectivity index (χ1n) is 5.50. The van der Waals surface area contributed by atoms with Crippen LogP contribution in [0.4, 0.5) is 8.78 Å². The second-order valence-corrected chi connectivity index (χ2v) is 4.40. The topological polar surface area (TPSA) is 55.1 Å². The predicted octanol–water partition coefficient (Wildman–Crippen LogP) is 1.32. The molecule has 1 saturated carbocycles. The zero-order valence-corrected chi connectivity index (χ0v) is 9.30. The summed E-state index contributed by atoms with van der Waals surface area (Å²) in [4.78, 5) is 11.7. The van der Waals surface area contributed by atoms with Gasteiger partial charge in [0.05, 0.1) is 5.41 Å². The maximum Gasteiger partial charge on any atom is 0.227 e. The molecule has 1 amide bonds. The Morgan fingerprint density at radius 1 is 1.41 bits per heavy atom. The lowest BCUT2D eigenvalue weighted by Crippen LogP contribution is -2.36. The molecule has 0 spiro atoms. The number of benzene rings is 1. The minimum atomic E-state index is -0.650. The van der Waals surface area contributed by atoms with Crippen LogP contribution in [0.5, 0.6) is 0 Å². The molecule has 0 atom stereocenters. The highest BCUT2D eigenvalue weighted by molar-refractivity contribution is 5.85. The molecule has 92 valence electrons. The van der Waals surface area contributed by atoms with Gasteiger partial charge in [-0.3, -0.25) is 4.79 Å². The van der Waals surface area contributed by atoms with Crippen molar-refractivity contribution < 1.29 is 13.6 Å². The predicted molar refractivity (Wildman–Crippen MR) is 58.9 cm³/mol. The summed E-state index contributed by atoms with van der Waals surface area (Å²) >= 11 is 0. The lowest BCUT2D eigenvalue weighted by molar-refractivity contribution is -0.126. The van der Waals surface area contributed by atoms with Crippen LogP contribution in [-0.2, 0) is 11.3 Å². The average Bonchev–Trinajstić information content (AvgIpc) is 3.08. The molecule has 1 aliphatic carbocycles. The first-order valence-corrected chi connectivity index (χ1v) is 5.50. The number of hydrogen-bond donors (Lipinski definition) is 2. The number of nitrogens with two attached hydrogens (primary N) is 1. The molecule has 0 radical (unpaired) electrons. The van der Waals surface area contributed by atoms with Gasteiger partial charge in [-0.15, -0.1) is 0 Å². The van der Waals surface area contributed by atoms with Crippen LogP contribution in [0.1, 0.15) is 18.4 Å². The van der Waals surface area contributed by atoms with Crippen molar-refractivity contribution in [1.82, 2.24) is 5.32 Å². The Labute approximate surface area is 98.0 Å². The van der Waals surface area contributed by atoms with Crippen molar-refractivity contribution in [1.29, 1.82) is 0 Å². The van der Waals surface area contributed by atoms with E-state index < -0.39 is 17.0 Å². The molecule has 0 aliphatic heterocycles. The second kappa shape index (κ2) is 4.41. The van der Waals surface area contributed by atoms with E-state index in [1.165, 1.54) is 12.1 Å². The van der Waals surface area contributed by atoms with E-state index in [1.807, 2.05) is 0 Å². The van der Waals surface area contributed by atoms with Crippen molar-refractivity contribution in [2.24, 2.45) is 11.1 Å². The Morgan fingerprint density at radius 3 is 2.65 bits per heavy atom. The molecule has 1 aromatic carbocycles. The molecule has 1 aromatic rings. The van der Waals surface area contributed by atoms with Gasteiger partial charge < -0.3 is 11.1 Å². The number of hydrogen-bond acceptors (Lipinski definition) is 2. The van der Waals surface area contributed by atoms with Gasteiger partial charge >= 0.3 is 0 Å². The van der Waals surface area contributed by atoms with Crippen molar-refractivity contribution in [3.8, 4) is 0 Å². The molecular formula is C12H14F2N2O. The van der Waals surface area contributed by atoms with Gasteiger partial charge in [0.1, 0.15) is 11.6 Å². The Hall–Kier alpha value is -1.49. The minimum Gasteiger partial charge on any atom is -0.351 e. The van der Waals surface area contributed by atoms with Crippen molar-refractivity contribution in [3.63, 3.8) is 0 Å². The largest absolute Gasteiger partial charge is 0.351 e. The molecule has 0 aromatic heterocycles.